The van der Waals surface area contributed by atoms with E-state index in [0.29, 0.717) is 18.8 Å². The smallest absolute Gasteiger partial charge is 0.214 e. The molecule has 102 valence electrons. The average molecular weight is 284 g/mol. The molecule has 0 aliphatic carbocycles. The van der Waals surface area contributed by atoms with Gasteiger partial charge < -0.3 is 5.11 Å². The lowest BCUT2D eigenvalue weighted by Gasteiger charge is -2.27. The second-order valence-corrected chi connectivity index (χ2v) is 6.93. The first-order valence-corrected chi connectivity index (χ1v) is 8.42. The molecule has 1 atom stereocenters. The SMILES string of the molecule is O=S(=O)(CCCCCl)N1CCCCCC1CO. The van der Waals surface area contributed by atoms with Crippen molar-refractivity contribution in [2.75, 3.05) is 24.8 Å². The summed E-state index contributed by atoms with van der Waals surface area (Å²) >= 11 is 5.55. The van der Waals surface area contributed by atoms with Gasteiger partial charge in [-0.05, 0) is 25.7 Å². The highest BCUT2D eigenvalue weighted by molar-refractivity contribution is 7.89. The van der Waals surface area contributed by atoms with Gasteiger partial charge in [-0.25, -0.2) is 8.42 Å². The van der Waals surface area contributed by atoms with Gasteiger partial charge in [0.2, 0.25) is 10.0 Å². The Morgan fingerprint density at radius 2 is 2.00 bits per heavy atom. The summed E-state index contributed by atoms with van der Waals surface area (Å²) in [6, 6.07) is -0.224. The minimum atomic E-state index is -3.23. The lowest BCUT2D eigenvalue weighted by Crippen LogP contribution is -2.43. The Morgan fingerprint density at radius 3 is 2.65 bits per heavy atom. The fraction of sp³-hybridized carbons (Fsp3) is 1.00. The van der Waals surface area contributed by atoms with Crippen LogP contribution in [0.3, 0.4) is 0 Å². The van der Waals surface area contributed by atoms with E-state index in [1.165, 1.54) is 4.31 Å². The van der Waals surface area contributed by atoms with Crippen molar-refractivity contribution in [2.45, 2.75) is 44.6 Å². The van der Waals surface area contributed by atoms with Crippen LogP contribution in [0.2, 0.25) is 0 Å². The number of aliphatic hydroxyl groups excluding tert-OH is 1. The predicted molar refractivity (Wildman–Crippen MR) is 69.8 cm³/mol. The standard InChI is InChI=1S/C11H22ClNO3S/c12-7-3-5-9-17(15,16)13-8-4-1-2-6-11(13)10-14/h11,14H,1-10H2. The van der Waals surface area contributed by atoms with Gasteiger partial charge in [0.05, 0.1) is 12.4 Å². The molecule has 6 heteroatoms. The van der Waals surface area contributed by atoms with Gasteiger partial charge in [0.1, 0.15) is 0 Å². The van der Waals surface area contributed by atoms with Gasteiger partial charge in [-0.15, -0.1) is 11.6 Å². The number of unbranched alkanes of at least 4 members (excludes halogenated alkanes) is 1. The van der Waals surface area contributed by atoms with Gasteiger partial charge in [-0.1, -0.05) is 12.8 Å². The van der Waals surface area contributed by atoms with Gasteiger partial charge in [-0.2, -0.15) is 4.31 Å². The van der Waals surface area contributed by atoms with Gasteiger partial charge in [-0.3, -0.25) is 0 Å². The molecule has 1 N–H and O–H groups in total. The van der Waals surface area contributed by atoms with Crippen LogP contribution in [0.4, 0.5) is 0 Å². The normalized spacial score (nSPS) is 23.5. The summed E-state index contributed by atoms with van der Waals surface area (Å²) in [7, 11) is -3.23. The van der Waals surface area contributed by atoms with E-state index in [1.807, 2.05) is 0 Å². The Morgan fingerprint density at radius 1 is 1.24 bits per heavy atom. The summed E-state index contributed by atoms with van der Waals surface area (Å²) < 4.78 is 25.8. The number of hydrogen-bond acceptors (Lipinski definition) is 3. The summed E-state index contributed by atoms with van der Waals surface area (Å²) in [6.45, 7) is 0.475. The van der Waals surface area contributed by atoms with E-state index >= 15 is 0 Å². The summed E-state index contributed by atoms with van der Waals surface area (Å²) in [4.78, 5) is 0. The molecule has 0 saturated carbocycles. The molecule has 1 fully saturated rings. The number of nitrogens with zero attached hydrogens (tertiary/aromatic N) is 1. The lowest BCUT2D eigenvalue weighted by atomic mass is 10.1. The van der Waals surface area contributed by atoms with Crippen LogP contribution in [-0.4, -0.2) is 48.7 Å². The van der Waals surface area contributed by atoms with Crippen molar-refractivity contribution in [2.24, 2.45) is 0 Å². The topological polar surface area (TPSA) is 57.6 Å². The fourth-order valence-corrected chi connectivity index (χ4v) is 4.22. The second-order valence-electron chi connectivity index (χ2n) is 4.51. The van der Waals surface area contributed by atoms with Crippen molar-refractivity contribution in [3.63, 3.8) is 0 Å². The van der Waals surface area contributed by atoms with E-state index < -0.39 is 10.0 Å². The van der Waals surface area contributed by atoms with E-state index in [2.05, 4.69) is 0 Å². The average Bonchev–Trinajstić information content (AvgIpc) is 2.54. The van der Waals surface area contributed by atoms with Crippen LogP contribution in [0.25, 0.3) is 0 Å². The zero-order chi connectivity index (χ0) is 12.7. The number of hydrogen-bond donors (Lipinski definition) is 1. The van der Waals surface area contributed by atoms with Crippen molar-refractivity contribution in [1.82, 2.24) is 4.31 Å². The van der Waals surface area contributed by atoms with Crippen LogP contribution in [0.15, 0.2) is 0 Å². The number of aliphatic hydroxyl groups is 1. The first-order valence-electron chi connectivity index (χ1n) is 6.28. The monoisotopic (exact) mass is 283 g/mol. The molecular weight excluding hydrogens is 262 g/mol. The number of rotatable bonds is 6. The van der Waals surface area contributed by atoms with Crippen LogP contribution in [0.1, 0.15) is 38.5 Å². The molecule has 0 bridgehead atoms. The number of halogens is 1. The Hall–Kier alpha value is 0.160. The molecule has 1 heterocycles. The Balaban J connectivity index is 2.64. The minimum Gasteiger partial charge on any atom is -0.395 e. The molecule has 1 aliphatic heterocycles. The third-order valence-electron chi connectivity index (χ3n) is 3.18. The molecule has 1 aliphatic rings. The van der Waals surface area contributed by atoms with E-state index in [-0.39, 0.29) is 18.4 Å². The Labute approximate surface area is 109 Å². The van der Waals surface area contributed by atoms with Crippen LogP contribution in [0, 0.1) is 0 Å². The molecule has 4 nitrogen and oxygen atoms in total. The van der Waals surface area contributed by atoms with Crippen molar-refractivity contribution < 1.29 is 13.5 Å². The molecule has 1 unspecified atom stereocenters. The van der Waals surface area contributed by atoms with Crippen molar-refractivity contribution in [3.05, 3.63) is 0 Å². The molecular formula is C11H22ClNO3S. The molecule has 0 amide bonds. The van der Waals surface area contributed by atoms with Crippen LogP contribution < -0.4 is 0 Å². The first-order chi connectivity index (χ1) is 8.11. The third kappa shape index (κ3) is 4.73. The lowest BCUT2D eigenvalue weighted by molar-refractivity contribution is 0.186. The highest BCUT2D eigenvalue weighted by atomic mass is 35.5. The minimum absolute atomic E-state index is 0.0747. The maximum atomic E-state index is 12.2. The van der Waals surface area contributed by atoms with Crippen molar-refractivity contribution in [3.8, 4) is 0 Å². The summed E-state index contributed by atoms with van der Waals surface area (Å²) in [5.74, 6) is 0.648. The fourth-order valence-electron chi connectivity index (χ4n) is 2.20. The molecule has 1 rings (SSSR count). The maximum Gasteiger partial charge on any atom is 0.214 e. The summed E-state index contributed by atoms with van der Waals surface area (Å²) in [5.41, 5.74) is 0. The van der Waals surface area contributed by atoms with Crippen LogP contribution in [-0.2, 0) is 10.0 Å². The Bertz CT molecular complexity index is 308. The zero-order valence-corrected chi connectivity index (χ0v) is 11.7. The second kappa shape index (κ2) is 7.56. The molecule has 1 saturated heterocycles. The first kappa shape index (κ1) is 15.2. The Kier molecular flexibility index (Phi) is 6.77. The van der Waals surface area contributed by atoms with Crippen LogP contribution in [0.5, 0.6) is 0 Å². The predicted octanol–water partition coefficient (Wildman–Crippen LogP) is 1.57. The van der Waals surface area contributed by atoms with Gasteiger partial charge in [0.25, 0.3) is 0 Å². The molecule has 0 spiro atoms. The quantitative estimate of drug-likeness (QED) is 0.595. The molecule has 0 aromatic rings. The van der Waals surface area contributed by atoms with E-state index in [1.54, 1.807) is 0 Å². The summed E-state index contributed by atoms with van der Waals surface area (Å²) in [6.07, 6.45) is 5.03. The third-order valence-corrected chi connectivity index (χ3v) is 5.44. The molecule has 0 radical (unpaired) electrons. The van der Waals surface area contributed by atoms with E-state index in [4.69, 9.17) is 11.6 Å². The molecule has 17 heavy (non-hydrogen) atoms. The van der Waals surface area contributed by atoms with Gasteiger partial charge >= 0.3 is 0 Å². The zero-order valence-electron chi connectivity index (χ0n) is 10.1. The van der Waals surface area contributed by atoms with E-state index in [0.717, 1.165) is 32.1 Å². The van der Waals surface area contributed by atoms with Gasteiger partial charge in [0.15, 0.2) is 0 Å². The highest BCUT2D eigenvalue weighted by Crippen LogP contribution is 2.20. The van der Waals surface area contributed by atoms with E-state index in [9.17, 15) is 13.5 Å². The van der Waals surface area contributed by atoms with Gasteiger partial charge in [0, 0.05) is 18.5 Å². The highest BCUT2D eigenvalue weighted by Gasteiger charge is 2.29. The van der Waals surface area contributed by atoms with Crippen molar-refractivity contribution >= 4 is 21.6 Å². The molecule has 0 aromatic carbocycles. The number of sulfonamides is 1. The van der Waals surface area contributed by atoms with Crippen molar-refractivity contribution in [1.29, 1.82) is 0 Å². The number of alkyl halides is 1. The largest absolute Gasteiger partial charge is 0.395 e. The summed E-state index contributed by atoms with van der Waals surface area (Å²) in [5, 5.41) is 9.29. The van der Waals surface area contributed by atoms with Crippen LogP contribution >= 0.6 is 11.6 Å². The maximum absolute atomic E-state index is 12.2. The molecule has 0 aromatic heterocycles.